The molecule has 51 valence electrons. The zero-order chi connectivity index (χ0) is 7.44. The third kappa shape index (κ3) is 3.48. The molecule has 0 saturated heterocycles. The third-order valence-corrected chi connectivity index (χ3v) is 0.635. The molecule has 0 aromatic heterocycles. The quantitative estimate of drug-likeness (QED) is 0.534. The highest BCUT2D eigenvalue weighted by molar-refractivity contribution is 5.79. The van der Waals surface area contributed by atoms with E-state index in [1.165, 1.54) is 0 Å². The van der Waals surface area contributed by atoms with Gasteiger partial charge in [-0.1, -0.05) is 0 Å². The van der Waals surface area contributed by atoms with Crippen LogP contribution in [0.1, 0.15) is 6.42 Å². The minimum absolute atomic E-state index is 0.866. The van der Waals surface area contributed by atoms with E-state index in [2.05, 4.69) is 0 Å². The van der Waals surface area contributed by atoms with Gasteiger partial charge in [0.1, 0.15) is 0 Å². The molecular weight excluding hydrogens is 128 g/mol. The van der Waals surface area contributed by atoms with Crippen LogP contribution in [0.2, 0.25) is 0 Å². The summed E-state index contributed by atoms with van der Waals surface area (Å²) >= 11 is 0. The van der Waals surface area contributed by atoms with Gasteiger partial charge in [0.2, 0.25) is 0 Å². The Hall–Kier alpha value is -1.10. The first-order valence-electron chi connectivity index (χ1n) is 2.14. The van der Waals surface area contributed by atoms with Gasteiger partial charge in [0.05, 0.1) is 6.42 Å². The maximum Gasteiger partial charge on any atom is 0.336 e. The first kappa shape index (κ1) is 7.90. The molecule has 1 radical (unpaired) electrons. The van der Waals surface area contributed by atoms with Crippen molar-refractivity contribution >= 4 is 11.9 Å². The SMILES string of the molecule is [O]C(CC(=O)O)C(=O)O. The van der Waals surface area contributed by atoms with Crippen LogP contribution in [-0.4, -0.2) is 28.3 Å². The van der Waals surface area contributed by atoms with E-state index in [1.54, 1.807) is 0 Å². The number of carboxylic acid groups (broad SMARTS) is 2. The largest absolute Gasteiger partial charge is 0.481 e. The van der Waals surface area contributed by atoms with Crippen molar-refractivity contribution in [2.45, 2.75) is 12.5 Å². The zero-order valence-corrected chi connectivity index (χ0v) is 4.40. The molecule has 0 amide bonds. The average Bonchev–Trinajstić information content (AvgIpc) is 1.63. The molecule has 0 aliphatic carbocycles. The Morgan fingerprint density at radius 3 is 1.89 bits per heavy atom. The van der Waals surface area contributed by atoms with Crippen LogP contribution < -0.4 is 0 Å². The Balaban J connectivity index is 3.63. The fourth-order valence-electron chi connectivity index (χ4n) is 0.246. The van der Waals surface area contributed by atoms with E-state index in [0.29, 0.717) is 0 Å². The first-order valence-corrected chi connectivity index (χ1v) is 2.14. The summed E-state index contributed by atoms with van der Waals surface area (Å²) in [5.41, 5.74) is 0. The van der Waals surface area contributed by atoms with Gasteiger partial charge in [0, 0.05) is 0 Å². The maximum absolute atomic E-state index is 10.1. The van der Waals surface area contributed by atoms with Crippen LogP contribution in [0, 0.1) is 0 Å². The second-order valence-electron chi connectivity index (χ2n) is 1.42. The lowest BCUT2D eigenvalue weighted by Gasteiger charge is -1.95. The van der Waals surface area contributed by atoms with Gasteiger partial charge in [-0.3, -0.25) is 4.79 Å². The molecule has 5 heteroatoms. The Bertz CT molecular complexity index is 129. The molecule has 0 aliphatic heterocycles. The topological polar surface area (TPSA) is 94.5 Å². The molecule has 0 heterocycles. The van der Waals surface area contributed by atoms with Crippen LogP contribution in [0.4, 0.5) is 0 Å². The fourth-order valence-corrected chi connectivity index (χ4v) is 0.246. The molecule has 1 unspecified atom stereocenters. The van der Waals surface area contributed by atoms with Crippen molar-refractivity contribution in [3.8, 4) is 0 Å². The van der Waals surface area contributed by atoms with Gasteiger partial charge in [-0.05, 0) is 0 Å². The number of carboxylic acids is 2. The van der Waals surface area contributed by atoms with E-state index in [4.69, 9.17) is 10.2 Å². The zero-order valence-electron chi connectivity index (χ0n) is 4.40. The van der Waals surface area contributed by atoms with Gasteiger partial charge in [0.25, 0.3) is 0 Å². The fraction of sp³-hybridized carbons (Fsp3) is 0.500. The Morgan fingerprint density at radius 2 is 1.78 bits per heavy atom. The summed E-state index contributed by atoms with van der Waals surface area (Å²) in [5, 5.41) is 25.8. The van der Waals surface area contributed by atoms with E-state index >= 15 is 0 Å². The van der Waals surface area contributed by atoms with Gasteiger partial charge in [-0.15, -0.1) is 0 Å². The first-order chi connectivity index (χ1) is 4.04. The molecule has 0 aliphatic rings. The van der Waals surface area contributed by atoms with Gasteiger partial charge >= 0.3 is 11.9 Å². The monoisotopic (exact) mass is 133 g/mol. The van der Waals surface area contributed by atoms with Crippen molar-refractivity contribution in [2.24, 2.45) is 0 Å². The highest BCUT2D eigenvalue weighted by Crippen LogP contribution is 1.90. The standard InChI is InChI=1S/C4H5O5/c5-2(4(8)9)1-3(6)7/h2H,1H2,(H,6,7)(H,8,9). The number of hydrogen-bond acceptors (Lipinski definition) is 2. The Labute approximate surface area is 50.5 Å². The molecule has 0 rings (SSSR count). The number of rotatable bonds is 3. The third-order valence-electron chi connectivity index (χ3n) is 0.635. The molecular formula is C4H5O5. The van der Waals surface area contributed by atoms with E-state index in [0.717, 1.165) is 0 Å². The van der Waals surface area contributed by atoms with E-state index < -0.39 is 24.5 Å². The van der Waals surface area contributed by atoms with Crippen molar-refractivity contribution in [1.29, 1.82) is 0 Å². The van der Waals surface area contributed by atoms with Crippen molar-refractivity contribution in [1.82, 2.24) is 0 Å². The van der Waals surface area contributed by atoms with Crippen molar-refractivity contribution < 1.29 is 24.9 Å². The van der Waals surface area contributed by atoms with Crippen molar-refractivity contribution in [2.75, 3.05) is 0 Å². The molecule has 0 aromatic carbocycles. The summed E-state index contributed by atoms with van der Waals surface area (Å²) in [6.45, 7) is 0. The molecule has 2 N–H and O–H groups in total. The van der Waals surface area contributed by atoms with Crippen LogP contribution >= 0.6 is 0 Å². The number of hydrogen-bond donors (Lipinski definition) is 2. The smallest absolute Gasteiger partial charge is 0.336 e. The summed E-state index contributed by atoms with van der Waals surface area (Å²) < 4.78 is 0. The normalized spacial score (nSPS) is 12.6. The van der Waals surface area contributed by atoms with Gasteiger partial charge in [-0.25, -0.2) is 9.90 Å². The van der Waals surface area contributed by atoms with Crippen LogP contribution in [0.5, 0.6) is 0 Å². The lowest BCUT2D eigenvalue weighted by atomic mass is 10.3. The van der Waals surface area contributed by atoms with E-state index in [-0.39, 0.29) is 0 Å². The maximum atomic E-state index is 10.1. The molecule has 0 aromatic rings. The highest BCUT2D eigenvalue weighted by Gasteiger charge is 2.18. The summed E-state index contributed by atoms with van der Waals surface area (Å²) in [6, 6.07) is 0. The Kier molecular flexibility index (Phi) is 2.66. The number of carbonyl (C=O) groups is 2. The lowest BCUT2D eigenvalue weighted by Crippen LogP contribution is -2.21. The van der Waals surface area contributed by atoms with Gasteiger partial charge in [0.15, 0.2) is 6.10 Å². The Morgan fingerprint density at radius 1 is 1.33 bits per heavy atom. The van der Waals surface area contributed by atoms with Gasteiger partial charge in [-0.2, -0.15) is 0 Å². The van der Waals surface area contributed by atoms with Crippen LogP contribution in [0.3, 0.4) is 0 Å². The summed E-state index contributed by atoms with van der Waals surface area (Å²) in [6.07, 6.45) is -2.91. The predicted molar refractivity (Wildman–Crippen MR) is 24.4 cm³/mol. The van der Waals surface area contributed by atoms with E-state index in [1.807, 2.05) is 0 Å². The summed E-state index contributed by atoms with van der Waals surface area (Å²) in [7, 11) is 0. The van der Waals surface area contributed by atoms with Crippen molar-refractivity contribution in [3.63, 3.8) is 0 Å². The second kappa shape index (κ2) is 3.03. The summed E-state index contributed by atoms with van der Waals surface area (Å²) in [4.78, 5) is 19.3. The van der Waals surface area contributed by atoms with Crippen LogP contribution in [-0.2, 0) is 14.7 Å². The molecule has 1 atom stereocenters. The molecule has 0 saturated carbocycles. The molecule has 0 fully saturated rings. The molecule has 9 heavy (non-hydrogen) atoms. The average molecular weight is 133 g/mol. The van der Waals surface area contributed by atoms with Crippen LogP contribution in [0.15, 0.2) is 0 Å². The minimum Gasteiger partial charge on any atom is -0.481 e. The predicted octanol–water partition coefficient (Wildman–Crippen LogP) is -0.655. The second-order valence-corrected chi connectivity index (χ2v) is 1.42. The van der Waals surface area contributed by atoms with Crippen molar-refractivity contribution in [3.05, 3.63) is 0 Å². The minimum atomic E-state index is -2.04. The van der Waals surface area contributed by atoms with E-state index in [9.17, 15) is 14.7 Å². The highest BCUT2D eigenvalue weighted by atomic mass is 16.4. The summed E-state index contributed by atoms with van der Waals surface area (Å²) in [5.74, 6) is -3.02. The lowest BCUT2D eigenvalue weighted by molar-refractivity contribution is -0.156. The molecule has 0 spiro atoms. The van der Waals surface area contributed by atoms with Gasteiger partial charge < -0.3 is 10.2 Å². The van der Waals surface area contributed by atoms with Crippen LogP contribution in [0.25, 0.3) is 0 Å². The molecule has 5 nitrogen and oxygen atoms in total. The molecule has 0 bridgehead atoms. The number of aliphatic carboxylic acids is 2.